The summed E-state index contributed by atoms with van der Waals surface area (Å²) in [6.07, 6.45) is 91.2. The molecule has 0 spiro atoms. The van der Waals surface area contributed by atoms with E-state index in [-0.39, 0.29) is 31.1 Å². The largest absolute Gasteiger partial charge is 0.462 e. The Morgan fingerprint density at radius 2 is 0.439 bits per heavy atom. The van der Waals surface area contributed by atoms with Crippen LogP contribution >= 0.6 is 0 Å². The second kappa shape index (κ2) is 70.6. The lowest BCUT2D eigenvalue weighted by Gasteiger charge is -2.18. The van der Waals surface area contributed by atoms with Gasteiger partial charge in [-0.3, -0.25) is 14.4 Å². The average molecular weight is 1150 g/mol. The first-order chi connectivity index (χ1) is 40.5. The van der Waals surface area contributed by atoms with Crippen LogP contribution in [-0.4, -0.2) is 37.2 Å². The van der Waals surface area contributed by atoms with Crippen molar-refractivity contribution < 1.29 is 28.6 Å². The van der Waals surface area contributed by atoms with E-state index in [4.69, 9.17) is 14.2 Å². The van der Waals surface area contributed by atoms with Gasteiger partial charge in [0.25, 0.3) is 0 Å². The van der Waals surface area contributed by atoms with Gasteiger partial charge in [-0.05, 0) is 109 Å². The van der Waals surface area contributed by atoms with Crippen LogP contribution in [0.5, 0.6) is 0 Å². The minimum absolute atomic E-state index is 0.0747. The first-order valence-electron chi connectivity index (χ1n) is 36.3. The molecule has 1 unspecified atom stereocenters. The third-order valence-corrected chi connectivity index (χ3v) is 16.2. The fourth-order valence-electron chi connectivity index (χ4n) is 10.7. The Morgan fingerprint density at radius 1 is 0.244 bits per heavy atom. The average Bonchev–Trinajstić information content (AvgIpc) is 3.47. The minimum atomic E-state index is -0.779. The summed E-state index contributed by atoms with van der Waals surface area (Å²) in [5.74, 6) is -0.866. The number of hydrogen-bond donors (Lipinski definition) is 0. The van der Waals surface area contributed by atoms with Gasteiger partial charge in [-0.25, -0.2) is 0 Å². The van der Waals surface area contributed by atoms with Crippen LogP contribution in [0.1, 0.15) is 387 Å². The molecule has 82 heavy (non-hydrogen) atoms. The molecule has 0 rings (SSSR count). The lowest BCUT2D eigenvalue weighted by molar-refractivity contribution is -0.167. The van der Waals surface area contributed by atoms with Crippen molar-refractivity contribution in [2.45, 2.75) is 393 Å². The maximum Gasteiger partial charge on any atom is 0.306 e. The first-order valence-corrected chi connectivity index (χ1v) is 36.3. The lowest BCUT2D eigenvalue weighted by atomic mass is 10.0. The van der Waals surface area contributed by atoms with Gasteiger partial charge in [-0.1, -0.05) is 319 Å². The normalized spacial score (nSPS) is 12.4. The zero-order chi connectivity index (χ0) is 59.2. The summed E-state index contributed by atoms with van der Waals surface area (Å²) in [6.45, 7) is 6.64. The smallest absolute Gasteiger partial charge is 0.306 e. The zero-order valence-corrected chi connectivity index (χ0v) is 55.0. The Labute approximate surface area is 510 Å². The van der Waals surface area contributed by atoms with Crippen molar-refractivity contribution in [2.75, 3.05) is 13.2 Å². The summed E-state index contributed by atoms with van der Waals surface area (Å²) < 4.78 is 17.0. The van der Waals surface area contributed by atoms with E-state index in [0.717, 1.165) is 77.0 Å². The van der Waals surface area contributed by atoms with Crippen LogP contribution in [0.15, 0.2) is 60.8 Å². The Kier molecular flexibility index (Phi) is 68.1. The van der Waals surface area contributed by atoms with Gasteiger partial charge in [0, 0.05) is 19.3 Å². The summed E-state index contributed by atoms with van der Waals surface area (Å²) in [6, 6.07) is 0. The number of ether oxygens (including phenoxy) is 3. The molecular weight excluding hydrogens is 1010 g/mol. The number of esters is 3. The molecule has 0 amide bonds. The number of carbonyl (C=O) groups excluding carboxylic acids is 3. The molecule has 1 atom stereocenters. The number of hydrogen-bond acceptors (Lipinski definition) is 6. The van der Waals surface area contributed by atoms with Crippen molar-refractivity contribution in [3.05, 3.63) is 60.8 Å². The summed E-state index contributed by atoms with van der Waals surface area (Å²) in [5, 5.41) is 0. The molecule has 0 saturated heterocycles. The van der Waals surface area contributed by atoms with E-state index in [1.165, 1.54) is 270 Å². The second-order valence-electron chi connectivity index (χ2n) is 24.5. The molecule has 0 fully saturated rings. The molecular formula is C76H138O6. The highest BCUT2D eigenvalue weighted by molar-refractivity contribution is 5.71. The van der Waals surface area contributed by atoms with Crippen LogP contribution in [0.25, 0.3) is 0 Å². The molecule has 0 aromatic heterocycles. The van der Waals surface area contributed by atoms with Crippen LogP contribution < -0.4 is 0 Å². The predicted octanol–water partition coefficient (Wildman–Crippen LogP) is 25.1. The fourth-order valence-corrected chi connectivity index (χ4v) is 10.7. The SMILES string of the molecule is CCCCC/C=C\CCCCCCCC(=O)OCC(COC(=O)CCCCCCCCCCCCCCCCCCCCC/C=C\C/C=C\CCCCCCC)OC(=O)CCCCCCCCCCC/C=C\C/C=C\CCCCCCC. The fraction of sp³-hybridized carbons (Fsp3) is 0.829. The minimum Gasteiger partial charge on any atom is -0.462 e. The van der Waals surface area contributed by atoms with Crippen molar-refractivity contribution in [1.29, 1.82) is 0 Å². The molecule has 0 bridgehead atoms. The number of allylic oxidation sites excluding steroid dienone is 10. The summed E-state index contributed by atoms with van der Waals surface area (Å²) in [4.78, 5) is 38.4. The van der Waals surface area contributed by atoms with Gasteiger partial charge >= 0.3 is 17.9 Å². The second-order valence-corrected chi connectivity index (χ2v) is 24.5. The Morgan fingerprint density at radius 3 is 0.707 bits per heavy atom. The van der Waals surface area contributed by atoms with Crippen molar-refractivity contribution in [2.24, 2.45) is 0 Å². The highest BCUT2D eigenvalue weighted by Gasteiger charge is 2.19. The van der Waals surface area contributed by atoms with Gasteiger partial charge in [0.15, 0.2) is 6.10 Å². The van der Waals surface area contributed by atoms with E-state index in [1.54, 1.807) is 0 Å². The van der Waals surface area contributed by atoms with E-state index >= 15 is 0 Å². The van der Waals surface area contributed by atoms with Crippen molar-refractivity contribution in [3.8, 4) is 0 Å². The van der Waals surface area contributed by atoms with Crippen LogP contribution in [0.3, 0.4) is 0 Å². The van der Waals surface area contributed by atoms with Crippen LogP contribution in [-0.2, 0) is 28.6 Å². The number of unbranched alkanes of at least 4 members (excludes halogenated alkanes) is 46. The predicted molar refractivity (Wildman–Crippen MR) is 358 cm³/mol. The number of rotatable bonds is 67. The maximum atomic E-state index is 12.9. The van der Waals surface area contributed by atoms with Gasteiger partial charge in [-0.2, -0.15) is 0 Å². The molecule has 0 aliphatic heterocycles. The standard InChI is InChI=1S/C76H138O6/c1-4-7-10-13-16-19-22-25-27-29-31-33-34-35-36-37-38-39-40-41-42-44-45-47-49-51-54-57-60-63-66-69-75(78)81-72-73(71-80-74(77)68-65-62-59-56-53-24-21-18-15-12-9-6-3)82-76(79)70-67-64-61-58-55-52-50-48-46-43-32-30-28-26-23-20-17-14-11-8-5-2/h18,21-23,25-26,29-32,73H,4-17,19-20,24,27-28,33-72H2,1-3H3/b21-18-,25-22-,26-23-,31-29-,32-30-. The molecule has 0 aromatic carbocycles. The third-order valence-electron chi connectivity index (χ3n) is 16.2. The third kappa shape index (κ3) is 67.9. The van der Waals surface area contributed by atoms with Crippen LogP contribution in [0.2, 0.25) is 0 Å². The molecule has 0 saturated carbocycles. The van der Waals surface area contributed by atoms with Crippen LogP contribution in [0, 0.1) is 0 Å². The molecule has 0 aromatic rings. The van der Waals surface area contributed by atoms with E-state index in [0.29, 0.717) is 19.3 Å². The van der Waals surface area contributed by atoms with Gasteiger partial charge in [-0.15, -0.1) is 0 Å². The summed E-state index contributed by atoms with van der Waals surface area (Å²) in [5.41, 5.74) is 0. The summed E-state index contributed by atoms with van der Waals surface area (Å²) in [7, 11) is 0. The van der Waals surface area contributed by atoms with E-state index in [9.17, 15) is 14.4 Å². The molecule has 0 radical (unpaired) electrons. The van der Waals surface area contributed by atoms with E-state index in [2.05, 4.69) is 81.5 Å². The van der Waals surface area contributed by atoms with Crippen molar-refractivity contribution in [1.82, 2.24) is 0 Å². The van der Waals surface area contributed by atoms with E-state index in [1.807, 2.05) is 0 Å². The molecule has 0 aliphatic rings. The monoisotopic (exact) mass is 1150 g/mol. The van der Waals surface area contributed by atoms with Gasteiger partial charge < -0.3 is 14.2 Å². The Hall–Kier alpha value is -2.89. The van der Waals surface area contributed by atoms with Gasteiger partial charge in [0.2, 0.25) is 0 Å². The lowest BCUT2D eigenvalue weighted by Crippen LogP contribution is -2.30. The van der Waals surface area contributed by atoms with E-state index < -0.39 is 6.10 Å². The first kappa shape index (κ1) is 79.1. The molecule has 6 heteroatoms. The van der Waals surface area contributed by atoms with Crippen molar-refractivity contribution in [3.63, 3.8) is 0 Å². The Bertz CT molecular complexity index is 1460. The maximum absolute atomic E-state index is 12.9. The van der Waals surface area contributed by atoms with Crippen molar-refractivity contribution >= 4 is 17.9 Å². The highest BCUT2D eigenvalue weighted by atomic mass is 16.6. The summed E-state index contributed by atoms with van der Waals surface area (Å²) >= 11 is 0. The van der Waals surface area contributed by atoms with Gasteiger partial charge in [0.1, 0.15) is 13.2 Å². The van der Waals surface area contributed by atoms with Gasteiger partial charge in [0.05, 0.1) is 0 Å². The molecule has 6 nitrogen and oxygen atoms in total. The molecule has 0 heterocycles. The molecule has 0 aliphatic carbocycles. The number of carbonyl (C=O) groups is 3. The molecule has 478 valence electrons. The zero-order valence-electron chi connectivity index (χ0n) is 55.0. The molecule has 0 N–H and O–H groups in total. The Balaban J connectivity index is 4.17. The highest BCUT2D eigenvalue weighted by Crippen LogP contribution is 2.18. The quantitative estimate of drug-likeness (QED) is 0.0261. The topological polar surface area (TPSA) is 78.9 Å². The van der Waals surface area contributed by atoms with Crippen LogP contribution in [0.4, 0.5) is 0 Å².